The molecule has 2 aromatic carbocycles. The SMILES string of the molecule is Cc1ccccc1-c1ccc(S(=O)([O-])=S)cc1.[K+]. The van der Waals surface area contributed by atoms with Gasteiger partial charge in [-0.2, -0.15) is 0 Å². The summed E-state index contributed by atoms with van der Waals surface area (Å²) in [5.41, 5.74) is 3.24. The molecule has 0 aromatic heterocycles. The van der Waals surface area contributed by atoms with Gasteiger partial charge in [0.15, 0.2) is 0 Å². The van der Waals surface area contributed by atoms with Crippen molar-refractivity contribution in [3.05, 3.63) is 54.1 Å². The zero-order chi connectivity index (χ0) is 12.5. The fourth-order valence-electron chi connectivity index (χ4n) is 1.70. The first-order valence-electron chi connectivity index (χ1n) is 5.10. The van der Waals surface area contributed by atoms with Crippen LogP contribution in [-0.2, 0) is 20.0 Å². The molecule has 0 aliphatic rings. The van der Waals surface area contributed by atoms with E-state index in [9.17, 15) is 8.76 Å². The van der Waals surface area contributed by atoms with Gasteiger partial charge in [-0.1, -0.05) is 36.4 Å². The van der Waals surface area contributed by atoms with Gasteiger partial charge in [0.2, 0.25) is 0 Å². The topological polar surface area (TPSA) is 40.1 Å². The van der Waals surface area contributed by atoms with E-state index in [4.69, 9.17) is 0 Å². The quantitative estimate of drug-likeness (QED) is 0.728. The molecule has 0 saturated heterocycles. The third-order valence-electron chi connectivity index (χ3n) is 2.60. The van der Waals surface area contributed by atoms with E-state index < -0.39 is 8.77 Å². The molecule has 0 bridgehead atoms. The fraction of sp³-hybridized carbons (Fsp3) is 0.0769. The summed E-state index contributed by atoms with van der Waals surface area (Å²) >= 11 is 4.41. The van der Waals surface area contributed by atoms with Gasteiger partial charge < -0.3 is 4.55 Å². The molecule has 5 heteroatoms. The number of benzene rings is 2. The molecular formula is C13H11KO2S2. The molecule has 88 valence electrons. The first-order valence-corrected chi connectivity index (χ1v) is 7.51. The second-order valence-electron chi connectivity index (χ2n) is 3.79. The normalized spacial score (nSPS) is 13.4. The molecule has 1 unspecified atom stereocenters. The van der Waals surface area contributed by atoms with Gasteiger partial charge in [-0.25, -0.2) is 0 Å². The predicted octanol–water partition coefficient (Wildman–Crippen LogP) is -0.0984. The van der Waals surface area contributed by atoms with E-state index in [1.165, 1.54) is 0 Å². The smallest absolute Gasteiger partial charge is 0.766 e. The Bertz CT molecular complexity index is 634. The second-order valence-corrected chi connectivity index (χ2v) is 6.49. The van der Waals surface area contributed by atoms with Crippen LogP contribution in [0.5, 0.6) is 0 Å². The van der Waals surface area contributed by atoms with Crippen molar-refractivity contribution in [3.63, 3.8) is 0 Å². The van der Waals surface area contributed by atoms with E-state index in [-0.39, 0.29) is 56.3 Å². The third kappa shape index (κ3) is 3.95. The Morgan fingerprint density at radius 1 is 1.06 bits per heavy atom. The Kier molecular flexibility index (Phi) is 6.14. The maximum atomic E-state index is 11.2. The molecule has 0 N–H and O–H groups in total. The molecule has 2 aromatic rings. The van der Waals surface area contributed by atoms with Gasteiger partial charge in [-0.05, 0) is 55.7 Å². The van der Waals surface area contributed by atoms with Gasteiger partial charge in [-0.15, -0.1) is 0 Å². The average Bonchev–Trinajstić information content (AvgIpc) is 2.29. The largest absolute Gasteiger partial charge is 1.00 e. The second kappa shape index (κ2) is 6.72. The first-order chi connectivity index (χ1) is 7.98. The Balaban J connectivity index is 0.00000162. The van der Waals surface area contributed by atoms with Gasteiger partial charge in [0, 0.05) is 4.90 Å². The summed E-state index contributed by atoms with van der Waals surface area (Å²) < 4.78 is 22.3. The molecule has 2 nitrogen and oxygen atoms in total. The van der Waals surface area contributed by atoms with Crippen molar-refractivity contribution in [1.82, 2.24) is 0 Å². The number of aryl methyl sites for hydroxylation is 1. The Hall–Kier alpha value is 0.406. The van der Waals surface area contributed by atoms with E-state index in [1.54, 1.807) is 24.3 Å². The maximum Gasteiger partial charge on any atom is 1.00 e. The third-order valence-corrected chi connectivity index (χ3v) is 4.03. The molecule has 0 heterocycles. The molecule has 0 fully saturated rings. The summed E-state index contributed by atoms with van der Waals surface area (Å²) in [5.74, 6) is 0. The molecule has 0 amide bonds. The molecule has 18 heavy (non-hydrogen) atoms. The van der Waals surface area contributed by atoms with Crippen LogP contribution in [0, 0.1) is 6.92 Å². The van der Waals surface area contributed by atoms with Crippen LogP contribution in [0.25, 0.3) is 11.1 Å². The van der Waals surface area contributed by atoms with Crippen LogP contribution in [0.3, 0.4) is 0 Å². The fourth-order valence-corrected chi connectivity index (χ4v) is 2.50. The minimum Gasteiger partial charge on any atom is -0.766 e. The summed E-state index contributed by atoms with van der Waals surface area (Å²) in [5, 5.41) is 0. The van der Waals surface area contributed by atoms with Crippen LogP contribution < -0.4 is 51.4 Å². The van der Waals surface area contributed by atoms with Crippen LogP contribution in [0.4, 0.5) is 0 Å². The maximum absolute atomic E-state index is 11.2. The van der Waals surface area contributed by atoms with E-state index in [1.807, 2.05) is 31.2 Å². The Morgan fingerprint density at radius 2 is 1.61 bits per heavy atom. The van der Waals surface area contributed by atoms with E-state index in [2.05, 4.69) is 11.2 Å². The van der Waals surface area contributed by atoms with E-state index >= 15 is 0 Å². The summed E-state index contributed by atoms with van der Waals surface area (Å²) in [4.78, 5) is 0.171. The zero-order valence-corrected chi connectivity index (χ0v) is 15.0. The van der Waals surface area contributed by atoms with Gasteiger partial charge in [0.25, 0.3) is 0 Å². The molecule has 0 aliphatic carbocycles. The Morgan fingerprint density at radius 3 is 2.11 bits per heavy atom. The first kappa shape index (κ1) is 16.5. The van der Waals surface area contributed by atoms with Crippen molar-refractivity contribution in [2.24, 2.45) is 0 Å². The summed E-state index contributed by atoms with van der Waals surface area (Å²) in [7, 11) is -3.53. The minimum atomic E-state index is -3.53. The molecule has 0 aliphatic heterocycles. The molecule has 1 atom stereocenters. The standard InChI is InChI=1S/C13H12O2S2.K/c1-10-4-2-3-5-13(10)11-6-8-12(9-7-11)17(14,15)16;/h2-9H,1H3,(H,14,15,16);/q;+1/p-1. The van der Waals surface area contributed by atoms with Gasteiger partial charge in [0.05, 0.1) is 0 Å². The van der Waals surface area contributed by atoms with Crippen molar-refractivity contribution in [2.45, 2.75) is 11.8 Å². The zero-order valence-electron chi connectivity index (χ0n) is 10.3. The number of hydrogen-bond donors (Lipinski definition) is 0. The van der Waals surface area contributed by atoms with Crippen LogP contribution >= 0.6 is 0 Å². The molecule has 2 rings (SSSR count). The molecule has 0 spiro atoms. The van der Waals surface area contributed by atoms with Crippen LogP contribution in [-0.4, -0.2) is 8.76 Å². The summed E-state index contributed by atoms with van der Waals surface area (Å²) in [6.07, 6.45) is 0. The van der Waals surface area contributed by atoms with Crippen LogP contribution in [0.1, 0.15) is 5.56 Å². The molecular weight excluding hydrogens is 291 g/mol. The van der Waals surface area contributed by atoms with Crippen LogP contribution in [0.15, 0.2) is 53.4 Å². The van der Waals surface area contributed by atoms with Crippen molar-refractivity contribution in [2.75, 3.05) is 0 Å². The average molecular weight is 302 g/mol. The molecule has 0 radical (unpaired) electrons. The summed E-state index contributed by atoms with van der Waals surface area (Å²) in [6, 6.07) is 14.6. The number of rotatable bonds is 2. The van der Waals surface area contributed by atoms with Crippen molar-refractivity contribution in [1.29, 1.82) is 0 Å². The van der Waals surface area contributed by atoms with Crippen LogP contribution in [0.2, 0.25) is 0 Å². The predicted molar refractivity (Wildman–Crippen MR) is 71.2 cm³/mol. The van der Waals surface area contributed by atoms with Crippen molar-refractivity contribution < 1.29 is 60.1 Å². The van der Waals surface area contributed by atoms with E-state index in [0.717, 1.165) is 16.7 Å². The number of hydrogen-bond acceptors (Lipinski definition) is 3. The Labute approximate surface area is 155 Å². The minimum absolute atomic E-state index is 0. The molecule has 0 saturated carbocycles. The van der Waals surface area contributed by atoms with E-state index in [0.29, 0.717) is 0 Å². The van der Waals surface area contributed by atoms with Gasteiger partial charge in [0.1, 0.15) is 0 Å². The monoisotopic (exact) mass is 302 g/mol. The van der Waals surface area contributed by atoms with Crippen molar-refractivity contribution in [3.8, 4) is 11.1 Å². The van der Waals surface area contributed by atoms with Gasteiger partial charge in [-0.3, -0.25) is 4.21 Å². The van der Waals surface area contributed by atoms with Crippen molar-refractivity contribution >= 4 is 20.0 Å². The summed E-state index contributed by atoms with van der Waals surface area (Å²) in [6.45, 7) is 2.02. The van der Waals surface area contributed by atoms with Gasteiger partial charge >= 0.3 is 51.4 Å².